The summed E-state index contributed by atoms with van der Waals surface area (Å²) in [5.74, 6) is -0.0395. The molecule has 0 bridgehead atoms. The number of hydrogen-bond acceptors (Lipinski definition) is 4. The normalized spacial score (nSPS) is 19.8. The third kappa shape index (κ3) is 2.80. The molecular formula is C18H21N5O2S. The Labute approximate surface area is 155 Å². The van der Waals surface area contributed by atoms with Crippen LogP contribution in [-0.2, 0) is 24.2 Å². The minimum atomic E-state index is -0.410. The van der Waals surface area contributed by atoms with Crippen LogP contribution in [-0.4, -0.2) is 33.6 Å². The molecule has 0 saturated heterocycles. The lowest BCUT2D eigenvalue weighted by atomic mass is 9.97. The summed E-state index contributed by atoms with van der Waals surface area (Å²) in [5, 5.41) is 15.0. The predicted molar refractivity (Wildman–Crippen MR) is 98.5 cm³/mol. The highest BCUT2D eigenvalue weighted by Crippen LogP contribution is 2.32. The molecule has 2 aliphatic heterocycles. The molecule has 8 heteroatoms. The number of allylic oxidation sites excluding steroid dienone is 1. The summed E-state index contributed by atoms with van der Waals surface area (Å²) < 4.78 is 0. The number of amides is 3. The Bertz CT molecular complexity index is 870. The van der Waals surface area contributed by atoms with Gasteiger partial charge in [-0.3, -0.25) is 9.89 Å². The van der Waals surface area contributed by atoms with Crippen molar-refractivity contribution in [3.8, 4) is 0 Å². The van der Waals surface area contributed by atoms with E-state index in [9.17, 15) is 9.59 Å². The van der Waals surface area contributed by atoms with E-state index >= 15 is 0 Å². The van der Waals surface area contributed by atoms with Crippen LogP contribution in [0.25, 0.3) is 0 Å². The summed E-state index contributed by atoms with van der Waals surface area (Å²) in [6.45, 7) is 5.05. The molecule has 2 aromatic rings. The first kappa shape index (κ1) is 16.8. The van der Waals surface area contributed by atoms with Crippen molar-refractivity contribution in [2.24, 2.45) is 0 Å². The zero-order valence-corrected chi connectivity index (χ0v) is 15.6. The van der Waals surface area contributed by atoms with Gasteiger partial charge in [0.1, 0.15) is 0 Å². The molecule has 7 nitrogen and oxygen atoms in total. The lowest BCUT2D eigenvalue weighted by Crippen LogP contribution is -2.48. The van der Waals surface area contributed by atoms with Crippen molar-refractivity contribution in [1.82, 2.24) is 25.7 Å². The lowest BCUT2D eigenvalue weighted by Gasteiger charge is -2.33. The molecule has 1 atom stereocenters. The second-order valence-corrected chi connectivity index (χ2v) is 7.52. The molecule has 2 aromatic heterocycles. The fourth-order valence-electron chi connectivity index (χ4n) is 3.64. The number of fused-ring (bicyclic) bond motifs is 1. The molecule has 0 spiro atoms. The zero-order chi connectivity index (χ0) is 18.3. The minimum absolute atomic E-state index is 0.0395. The number of urea groups is 1. The molecule has 0 unspecified atom stereocenters. The van der Waals surface area contributed by atoms with E-state index in [0.717, 1.165) is 34.7 Å². The van der Waals surface area contributed by atoms with Gasteiger partial charge in [0, 0.05) is 41.3 Å². The summed E-state index contributed by atoms with van der Waals surface area (Å²) >= 11 is 1.53. The van der Waals surface area contributed by atoms with E-state index in [1.807, 2.05) is 22.4 Å². The summed E-state index contributed by atoms with van der Waals surface area (Å²) in [6, 6.07) is 3.19. The lowest BCUT2D eigenvalue weighted by molar-refractivity contribution is -0.128. The molecule has 3 N–H and O–H groups in total. The van der Waals surface area contributed by atoms with E-state index in [1.165, 1.54) is 11.3 Å². The molecule has 0 aromatic carbocycles. The Kier molecular flexibility index (Phi) is 4.28. The Morgan fingerprint density at radius 1 is 1.46 bits per heavy atom. The zero-order valence-electron chi connectivity index (χ0n) is 14.8. The number of thiophene rings is 1. The van der Waals surface area contributed by atoms with Crippen LogP contribution in [0.1, 0.15) is 41.7 Å². The van der Waals surface area contributed by atoms with Crippen LogP contribution in [0.2, 0.25) is 0 Å². The van der Waals surface area contributed by atoms with E-state index in [0.29, 0.717) is 24.4 Å². The van der Waals surface area contributed by atoms with Crippen LogP contribution in [0.3, 0.4) is 0 Å². The van der Waals surface area contributed by atoms with E-state index < -0.39 is 6.04 Å². The Morgan fingerprint density at radius 2 is 2.31 bits per heavy atom. The summed E-state index contributed by atoms with van der Waals surface area (Å²) in [5.41, 5.74) is 4.50. The summed E-state index contributed by atoms with van der Waals surface area (Å²) in [4.78, 5) is 28.1. The third-order valence-electron chi connectivity index (χ3n) is 4.97. The molecule has 4 rings (SSSR count). The molecule has 2 aliphatic rings. The molecule has 4 heterocycles. The number of carbonyl (C=O) groups excluding carboxylic acids is 2. The van der Waals surface area contributed by atoms with Crippen molar-refractivity contribution in [2.75, 3.05) is 6.54 Å². The average molecular weight is 371 g/mol. The van der Waals surface area contributed by atoms with Gasteiger partial charge in [-0.2, -0.15) is 5.10 Å². The van der Waals surface area contributed by atoms with Gasteiger partial charge in [-0.1, -0.05) is 13.0 Å². The summed E-state index contributed by atoms with van der Waals surface area (Å²) in [7, 11) is 0. The maximum absolute atomic E-state index is 13.4. The minimum Gasteiger partial charge on any atom is -0.334 e. The molecular weight excluding hydrogens is 350 g/mol. The SMILES string of the molecule is CCc1n[nH]c2c1CN(C(=O)C1=C(C)NC(=O)N[C@@H]1c1cccs1)CC2. The van der Waals surface area contributed by atoms with Gasteiger partial charge in [-0.15, -0.1) is 11.3 Å². The van der Waals surface area contributed by atoms with Crippen LogP contribution in [0.4, 0.5) is 4.79 Å². The summed E-state index contributed by atoms with van der Waals surface area (Å²) in [6.07, 6.45) is 1.61. The molecule has 136 valence electrons. The second kappa shape index (κ2) is 6.60. The van der Waals surface area contributed by atoms with Gasteiger partial charge in [0.2, 0.25) is 0 Å². The van der Waals surface area contributed by atoms with Crippen LogP contribution in [0, 0.1) is 0 Å². The maximum atomic E-state index is 13.4. The first-order valence-electron chi connectivity index (χ1n) is 8.74. The van der Waals surface area contributed by atoms with Gasteiger partial charge in [0.05, 0.1) is 17.3 Å². The largest absolute Gasteiger partial charge is 0.334 e. The van der Waals surface area contributed by atoms with E-state index in [4.69, 9.17) is 0 Å². The van der Waals surface area contributed by atoms with Crippen molar-refractivity contribution in [2.45, 2.75) is 39.3 Å². The quantitative estimate of drug-likeness (QED) is 0.773. The highest BCUT2D eigenvalue weighted by atomic mass is 32.1. The van der Waals surface area contributed by atoms with Gasteiger partial charge in [0.25, 0.3) is 5.91 Å². The number of hydrogen-bond donors (Lipinski definition) is 3. The topological polar surface area (TPSA) is 90.1 Å². The number of rotatable bonds is 3. The van der Waals surface area contributed by atoms with Gasteiger partial charge < -0.3 is 15.5 Å². The van der Waals surface area contributed by atoms with Crippen molar-refractivity contribution in [3.05, 3.63) is 50.6 Å². The molecule has 0 radical (unpaired) electrons. The van der Waals surface area contributed by atoms with E-state index in [-0.39, 0.29) is 11.9 Å². The van der Waals surface area contributed by atoms with Crippen LogP contribution < -0.4 is 10.6 Å². The van der Waals surface area contributed by atoms with Gasteiger partial charge in [0.15, 0.2) is 0 Å². The number of aromatic nitrogens is 2. The average Bonchev–Trinajstić information content (AvgIpc) is 3.29. The molecule has 3 amide bonds. The van der Waals surface area contributed by atoms with Crippen molar-refractivity contribution in [1.29, 1.82) is 0 Å². The number of nitrogens with one attached hydrogen (secondary N) is 3. The number of carbonyl (C=O) groups is 2. The fourth-order valence-corrected chi connectivity index (χ4v) is 4.42. The second-order valence-electron chi connectivity index (χ2n) is 6.54. The fraction of sp³-hybridized carbons (Fsp3) is 0.389. The van der Waals surface area contributed by atoms with Crippen molar-refractivity contribution >= 4 is 23.3 Å². The van der Waals surface area contributed by atoms with Crippen molar-refractivity contribution < 1.29 is 9.59 Å². The number of aryl methyl sites for hydroxylation is 1. The Balaban J connectivity index is 1.66. The highest BCUT2D eigenvalue weighted by Gasteiger charge is 2.35. The highest BCUT2D eigenvalue weighted by molar-refractivity contribution is 7.10. The van der Waals surface area contributed by atoms with Gasteiger partial charge in [-0.05, 0) is 24.8 Å². The van der Waals surface area contributed by atoms with Crippen LogP contribution >= 0.6 is 11.3 Å². The predicted octanol–water partition coefficient (Wildman–Crippen LogP) is 2.25. The first-order valence-corrected chi connectivity index (χ1v) is 9.62. The molecule has 26 heavy (non-hydrogen) atoms. The van der Waals surface area contributed by atoms with E-state index in [2.05, 4.69) is 27.8 Å². The molecule has 0 aliphatic carbocycles. The maximum Gasteiger partial charge on any atom is 0.319 e. The molecule has 0 fully saturated rings. The monoisotopic (exact) mass is 371 g/mol. The molecule has 0 saturated carbocycles. The number of H-pyrrole nitrogens is 1. The number of nitrogens with zero attached hydrogens (tertiary/aromatic N) is 2. The number of aromatic amines is 1. The Hall–Kier alpha value is -2.61. The standard InChI is InChI=1S/C18H21N5O2S/c1-3-12-11-9-23(7-6-13(11)22-21-12)17(24)15-10(2)19-18(25)20-16(15)14-5-4-8-26-14/h4-5,8,16H,3,6-7,9H2,1-2H3,(H,21,22)(H2,19,20,25)/t16-/m1/s1. The van der Waals surface area contributed by atoms with Crippen LogP contribution in [0.5, 0.6) is 0 Å². The van der Waals surface area contributed by atoms with Crippen molar-refractivity contribution in [3.63, 3.8) is 0 Å². The van der Waals surface area contributed by atoms with E-state index in [1.54, 1.807) is 6.92 Å². The van der Waals surface area contributed by atoms with Gasteiger partial charge >= 0.3 is 6.03 Å². The van der Waals surface area contributed by atoms with Gasteiger partial charge in [-0.25, -0.2) is 4.79 Å². The first-order chi connectivity index (χ1) is 12.6. The third-order valence-corrected chi connectivity index (χ3v) is 5.91. The smallest absolute Gasteiger partial charge is 0.319 e. The van der Waals surface area contributed by atoms with Crippen LogP contribution in [0.15, 0.2) is 28.8 Å². The Morgan fingerprint density at radius 3 is 3.04 bits per heavy atom.